The Kier molecular flexibility index (Phi) is 5.06. The molecule has 2 heterocycles. The van der Waals surface area contributed by atoms with Crippen molar-refractivity contribution in [3.8, 4) is 5.75 Å². The summed E-state index contributed by atoms with van der Waals surface area (Å²) < 4.78 is 46.6. The number of hydrazone groups is 1. The molecule has 0 spiro atoms. The van der Waals surface area contributed by atoms with Gasteiger partial charge in [-0.15, -0.1) is 0 Å². The molecule has 1 saturated heterocycles. The summed E-state index contributed by atoms with van der Waals surface area (Å²) in [6.45, 7) is 0.373. The van der Waals surface area contributed by atoms with Gasteiger partial charge in [-0.3, -0.25) is 4.79 Å². The summed E-state index contributed by atoms with van der Waals surface area (Å²) in [4.78, 5) is 25.2. The van der Waals surface area contributed by atoms with Crippen molar-refractivity contribution in [2.24, 2.45) is 10.8 Å². The number of rotatable bonds is 4. The fourth-order valence-electron chi connectivity index (χ4n) is 3.39. The van der Waals surface area contributed by atoms with Gasteiger partial charge >= 0.3 is 6.03 Å². The van der Waals surface area contributed by atoms with E-state index in [1.54, 1.807) is 0 Å². The van der Waals surface area contributed by atoms with Crippen molar-refractivity contribution in [2.45, 2.75) is 18.6 Å². The number of halogens is 3. The number of hydrogen-bond acceptors (Lipinski definition) is 4. The van der Waals surface area contributed by atoms with Crippen molar-refractivity contribution in [1.82, 2.24) is 9.91 Å². The molecule has 2 aromatic carbocycles. The molecule has 7 nitrogen and oxygen atoms in total. The molecule has 0 radical (unpaired) electrons. The van der Waals surface area contributed by atoms with Crippen LogP contribution in [0.15, 0.2) is 41.5 Å². The molecule has 10 heteroatoms. The lowest BCUT2D eigenvalue weighted by molar-refractivity contribution is 0.0257. The van der Waals surface area contributed by atoms with Crippen LogP contribution in [0.3, 0.4) is 0 Å². The van der Waals surface area contributed by atoms with Crippen molar-refractivity contribution in [3.05, 3.63) is 65.0 Å². The van der Waals surface area contributed by atoms with Crippen molar-refractivity contribution >= 4 is 18.2 Å². The summed E-state index contributed by atoms with van der Waals surface area (Å²) >= 11 is 0. The second-order valence-electron chi connectivity index (χ2n) is 7.03. The van der Waals surface area contributed by atoms with Crippen LogP contribution in [0.1, 0.15) is 28.4 Å². The van der Waals surface area contributed by atoms with Gasteiger partial charge in [0.15, 0.2) is 11.6 Å². The lowest BCUT2D eigenvalue weighted by Crippen LogP contribution is -2.58. The average molecular weight is 418 g/mol. The highest BCUT2D eigenvalue weighted by atomic mass is 19.1. The van der Waals surface area contributed by atoms with E-state index in [0.29, 0.717) is 12.0 Å². The van der Waals surface area contributed by atoms with Crippen molar-refractivity contribution < 1.29 is 27.5 Å². The highest BCUT2D eigenvalue weighted by Gasteiger charge is 2.39. The van der Waals surface area contributed by atoms with E-state index in [-0.39, 0.29) is 24.4 Å². The molecular formula is C20H17F3N4O3. The average Bonchev–Trinajstić information content (AvgIpc) is 3.14. The molecule has 2 N–H and O–H groups in total. The van der Waals surface area contributed by atoms with Gasteiger partial charge in [0.2, 0.25) is 5.91 Å². The zero-order chi connectivity index (χ0) is 21.4. The topological polar surface area (TPSA) is 88.2 Å². The summed E-state index contributed by atoms with van der Waals surface area (Å²) in [5, 5.41) is 5.21. The minimum absolute atomic E-state index is 0.0250. The zero-order valence-corrected chi connectivity index (χ0v) is 15.6. The van der Waals surface area contributed by atoms with Gasteiger partial charge in [-0.1, -0.05) is 0 Å². The Labute approximate surface area is 169 Å². The van der Waals surface area contributed by atoms with E-state index in [0.717, 1.165) is 12.1 Å². The van der Waals surface area contributed by atoms with E-state index in [1.807, 2.05) is 0 Å². The summed E-state index contributed by atoms with van der Waals surface area (Å²) in [5.41, 5.74) is 5.44. The lowest BCUT2D eigenvalue weighted by atomic mass is 10.0. The molecule has 0 saturated carbocycles. The molecule has 156 valence electrons. The van der Waals surface area contributed by atoms with Gasteiger partial charge in [0.1, 0.15) is 17.7 Å². The van der Waals surface area contributed by atoms with Gasteiger partial charge in [-0.25, -0.2) is 23.0 Å². The summed E-state index contributed by atoms with van der Waals surface area (Å²) in [6.07, 6.45) is 1.40. The monoisotopic (exact) mass is 418 g/mol. The molecule has 2 aromatic rings. The zero-order valence-electron chi connectivity index (χ0n) is 15.6. The van der Waals surface area contributed by atoms with Gasteiger partial charge in [0.05, 0.1) is 19.1 Å². The van der Waals surface area contributed by atoms with Crippen LogP contribution in [0, 0.1) is 17.5 Å². The van der Waals surface area contributed by atoms with Crippen LogP contribution >= 0.6 is 0 Å². The molecule has 0 aromatic heterocycles. The summed E-state index contributed by atoms with van der Waals surface area (Å²) in [6, 6.07) is 5.69. The Morgan fingerprint density at radius 1 is 1.07 bits per heavy atom. The van der Waals surface area contributed by atoms with Gasteiger partial charge in [-0.05, 0) is 35.9 Å². The number of urea groups is 1. The highest BCUT2D eigenvalue weighted by molar-refractivity contribution is 5.92. The van der Waals surface area contributed by atoms with Crippen LogP contribution < -0.4 is 10.5 Å². The van der Waals surface area contributed by atoms with Gasteiger partial charge in [0, 0.05) is 24.3 Å². The Hall–Kier alpha value is -3.56. The summed E-state index contributed by atoms with van der Waals surface area (Å²) in [7, 11) is 0. The third-order valence-corrected chi connectivity index (χ3v) is 4.92. The number of likely N-dealkylation sites (tertiary alicyclic amines) is 1. The largest absolute Gasteiger partial charge is 0.484 e. The first-order valence-corrected chi connectivity index (χ1v) is 9.14. The molecule has 2 aliphatic rings. The SMILES string of the molecule is NC(=O)c1ccc(OC2CN(C(=O)N3N=CCC3c3cc(F)cc(F)c3)C2)c(F)c1. The quantitative estimate of drug-likeness (QED) is 0.828. The summed E-state index contributed by atoms with van der Waals surface area (Å²) in [5.74, 6) is -2.99. The molecule has 30 heavy (non-hydrogen) atoms. The van der Waals surface area contributed by atoms with Crippen LogP contribution in [0.4, 0.5) is 18.0 Å². The molecular weight excluding hydrogens is 401 g/mol. The first-order valence-electron chi connectivity index (χ1n) is 9.14. The van der Waals surface area contributed by atoms with Crippen molar-refractivity contribution in [1.29, 1.82) is 0 Å². The standard InChI is InChI=1S/C20H17F3N4O3/c21-13-5-12(6-14(22)8-13)17-3-4-25-27(17)20(29)26-9-15(10-26)30-18-2-1-11(19(24)28)7-16(18)23/h1-2,4-8,15,17H,3,9-10H2,(H2,24,28). The molecule has 0 aliphatic carbocycles. The smallest absolute Gasteiger partial charge is 0.341 e. The maximum absolute atomic E-state index is 14.0. The van der Waals surface area contributed by atoms with Crippen molar-refractivity contribution in [3.63, 3.8) is 0 Å². The molecule has 1 atom stereocenters. The number of primary amides is 1. The van der Waals surface area contributed by atoms with Crippen LogP contribution in [0.25, 0.3) is 0 Å². The third kappa shape index (κ3) is 3.80. The number of carbonyl (C=O) groups is 2. The van der Waals surface area contributed by atoms with Crippen LogP contribution in [-0.2, 0) is 0 Å². The number of benzene rings is 2. The predicted octanol–water partition coefficient (Wildman–Crippen LogP) is 2.82. The molecule has 0 bridgehead atoms. The van der Waals surface area contributed by atoms with E-state index in [9.17, 15) is 22.8 Å². The van der Waals surface area contributed by atoms with E-state index < -0.39 is 41.5 Å². The Bertz CT molecular complexity index is 1020. The van der Waals surface area contributed by atoms with Gasteiger partial charge in [0.25, 0.3) is 0 Å². The Morgan fingerprint density at radius 2 is 1.77 bits per heavy atom. The molecule has 2 aliphatic heterocycles. The van der Waals surface area contributed by atoms with E-state index in [4.69, 9.17) is 10.5 Å². The number of carbonyl (C=O) groups excluding carboxylic acids is 2. The van der Waals surface area contributed by atoms with Gasteiger partial charge in [-0.2, -0.15) is 5.10 Å². The van der Waals surface area contributed by atoms with E-state index >= 15 is 0 Å². The first-order chi connectivity index (χ1) is 14.3. The van der Waals surface area contributed by atoms with Crippen LogP contribution in [0.5, 0.6) is 5.75 Å². The minimum atomic E-state index is -0.750. The number of nitrogens with two attached hydrogens (primary N) is 1. The second kappa shape index (κ2) is 7.69. The fraction of sp³-hybridized carbons (Fsp3) is 0.250. The molecule has 1 unspecified atom stereocenters. The van der Waals surface area contributed by atoms with E-state index in [1.165, 1.54) is 40.4 Å². The Balaban J connectivity index is 1.38. The van der Waals surface area contributed by atoms with Crippen LogP contribution in [0.2, 0.25) is 0 Å². The number of nitrogens with zero attached hydrogens (tertiary/aromatic N) is 3. The third-order valence-electron chi connectivity index (χ3n) is 4.92. The number of amides is 3. The van der Waals surface area contributed by atoms with Crippen LogP contribution in [-0.4, -0.2) is 47.3 Å². The highest BCUT2D eigenvalue weighted by Crippen LogP contribution is 2.31. The number of ether oxygens (including phenoxy) is 1. The maximum atomic E-state index is 14.0. The molecule has 4 rings (SSSR count). The van der Waals surface area contributed by atoms with Gasteiger partial charge < -0.3 is 15.4 Å². The normalized spacial score (nSPS) is 18.4. The predicted molar refractivity (Wildman–Crippen MR) is 100 cm³/mol. The van der Waals surface area contributed by atoms with E-state index in [2.05, 4.69) is 5.10 Å². The molecule has 1 fully saturated rings. The minimum Gasteiger partial charge on any atom is -0.484 e. The lowest BCUT2D eigenvalue weighted by Gasteiger charge is -2.41. The maximum Gasteiger partial charge on any atom is 0.341 e. The second-order valence-corrected chi connectivity index (χ2v) is 7.03. The number of hydrogen-bond donors (Lipinski definition) is 1. The fourth-order valence-corrected chi connectivity index (χ4v) is 3.39. The first kappa shape index (κ1) is 19.7. The van der Waals surface area contributed by atoms with Crippen molar-refractivity contribution in [2.75, 3.05) is 13.1 Å². The molecule has 3 amide bonds. The Morgan fingerprint density at radius 3 is 2.40 bits per heavy atom.